The Hall–Kier alpha value is -1.40. The van der Waals surface area contributed by atoms with Crippen LogP contribution in [-0.4, -0.2) is 36.0 Å². The van der Waals surface area contributed by atoms with Crippen LogP contribution in [-0.2, 0) is 9.47 Å². The van der Waals surface area contributed by atoms with E-state index >= 15 is 0 Å². The second-order valence-corrected chi connectivity index (χ2v) is 5.34. The van der Waals surface area contributed by atoms with Gasteiger partial charge < -0.3 is 25.3 Å². The number of aliphatic hydroxyl groups is 1. The predicted molar refractivity (Wildman–Crippen MR) is 73.2 cm³/mol. The number of methoxy groups -OCH3 is 1. The number of ether oxygens (including phenoxy) is 2. The lowest BCUT2D eigenvalue weighted by molar-refractivity contribution is -0.113. The molecule has 0 bridgehead atoms. The number of hydrogen-bond donors (Lipinski definition) is 3. The third kappa shape index (κ3) is 4.04. The zero-order valence-corrected chi connectivity index (χ0v) is 12.1. The minimum Gasteiger partial charge on any atom is -0.469 e. The normalized spacial score (nSPS) is 26.4. The second-order valence-electron chi connectivity index (χ2n) is 5.34. The number of rotatable bonds is 5. The zero-order chi connectivity index (χ0) is 14.6. The first kappa shape index (κ1) is 15.7. The van der Waals surface area contributed by atoms with Crippen LogP contribution < -0.4 is 11.6 Å². The minimum atomic E-state index is -0.672. The molecule has 0 saturated heterocycles. The van der Waals surface area contributed by atoms with E-state index in [1.54, 1.807) is 12.3 Å². The highest BCUT2D eigenvalue weighted by atomic mass is 16.7. The maximum atomic E-state index is 10.3. The van der Waals surface area contributed by atoms with Crippen molar-refractivity contribution in [3.05, 3.63) is 23.9 Å². The van der Waals surface area contributed by atoms with Gasteiger partial charge in [0.05, 0.1) is 13.7 Å². The molecule has 0 aliphatic carbocycles. The van der Waals surface area contributed by atoms with Gasteiger partial charge in [-0.2, -0.15) is 0 Å². The molecule has 5 N–H and O–H groups in total. The molecule has 0 radical (unpaired) electrons. The van der Waals surface area contributed by atoms with Crippen LogP contribution in [0.15, 0.2) is 23.9 Å². The summed E-state index contributed by atoms with van der Waals surface area (Å²) in [5, 5.41) is 11.7. The van der Waals surface area contributed by atoms with Gasteiger partial charge in [0.25, 0.3) is 5.95 Å². The molecule has 0 amide bonds. The summed E-state index contributed by atoms with van der Waals surface area (Å²) in [6.07, 6.45) is 2.99. The van der Waals surface area contributed by atoms with Crippen LogP contribution in [0.3, 0.4) is 0 Å². The van der Waals surface area contributed by atoms with Crippen molar-refractivity contribution in [3.8, 4) is 0 Å². The number of hydrogen-bond acceptors (Lipinski definition) is 6. The van der Waals surface area contributed by atoms with Gasteiger partial charge in [0.15, 0.2) is 0 Å². The number of nitrogens with zero attached hydrogens (tertiary/aromatic N) is 1. The summed E-state index contributed by atoms with van der Waals surface area (Å²) in [6.45, 7) is 6.11. The molecule has 0 aromatic rings. The molecule has 110 valence electrons. The Bertz CT molecular complexity index is 366. The average molecular weight is 271 g/mol. The fraction of sp³-hybridized carbons (Fsp3) is 0.692. The number of allylic oxidation sites excluding steroid dienone is 1. The van der Waals surface area contributed by atoms with Crippen molar-refractivity contribution < 1.29 is 14.6 Å². The maximum absolute atomic E-state index is 10.3. The molecule has 2 atom stereocenters. The third-order valence-corrected chi connectivity index (χ3v) is 3.20. The molecule has 0 fully saturated rings. The molecule has 0 saturated carbocycles. The monoisotopic (exact) mass is 271 g/mol. The minimum absolute atomic E-state index is 0.325. The van der Waals surface area contributed by atoms with E-state index in [9.17, 15) is 5.11 Å². The summed E-state index contributed by atoms with van der Waals surface area (Å²) in [5.41, 5.74) is 5.96. The number of hydrazine groups is 1. The fourth-order valence-corrected chi connectivity index (χ4v) is 1.92. The van der Waals surface area contributed by atoms with Gasteiger partial charge in [0, 0.05) is 23.4 Å². The maximum Gasteiger partial charge on any atom is 0.275 e. The zero-order valence-electron chi connectivity index (χ0n) is 12.1. The predicted octanol–water partition coefficient (Wildman–Crippen LogP) is 0.646. The Kier molecular flexibility index (Phi) is 5.08. The lowest BCUT2D eigenvalue weighted by Gasteiger charge is -2.39. The summed E-state index contributed by atoms with van der Waals surface area (Å²) in [4.78, 5) is 0. The Morgan fingerprint density at radius 3 is 2.79 bits per heavy atom. The third-order valence-electron chi connectivity index (χ3n) is 3.20. The highest BCUT2D eigenvalue weighted by Crippen LogP contribution is 2.33. The van der Waals surface area contributed by atoms with Gasteiger partial charge in [-0.05, 0) is 6.42 Å². The summed E-state index contributed by atoms with van der Waals surface area (Å²) >= 11 is 0. The van der Waals surface area contributed by atoms with E-state index in [1.165, 1.54) is 12.1 Å². The second kappa shape index (κ2) is 6.16. The van der Waals surface area contributed by atoms with Crippen molar-refractivity contribution in [2.24, 2.45) is 17.0 Å². The van der Waals surface area contributed by atoms with E-state index in [2.05, 4.69) is 0 Å². The van der Waals surface area contributed by atoms with Crippen LogP contribution in [0, 0.1) is 5.41 Å². The molecule has 0 spiro atoms. The summed E-state index contributed by atoms with van der Waals surface area (Å²) < 4.78 is 10.7. The molecule has 1 aliphatic rings. The van der Waals surface area contributed by atoms with Crippen molar-refractivity contribution in [1.29, 1.82) is 0 Å². The van der Waals surface area contributed by atoms with Gasteiger partial charge >= 0.3 is 0 Å². The van der Waals surface area contributed by atoms with Gasteiger partial charge in [-0.3, -0.25) is 0 Å². The van der Waals surface area contributed by atoms with Crippen molar-refractivity contribution >= 4 is 0 Å². The fourth-order valence-electron chi connectivity index (χ4n) is 1.92. The van der Waals surface area contributed by atoms with E-state index in [0.717, 1.165) is 6.42 Å². The van der Waals surface area contributed by atoms with Crippen LogP contribution in [0.1, 0.15) is 27.2 Å². The van der Waals surface area contributed by atoms with Gasteiger partial charge in [0.1, 0.15) is 12.2 Å². The molecule has 0 aromatic heterocycles. The van der Waals surface area contributed by atoms with E-state index in [-0.39, 0.29) is 0 Å². The topological polar surface area (TPSA) is 94.0 Å². The Morgan fingerprint density at radius 1 is 1.63 bits per heavy atom. The molecular weight excluding hydrogens is 246 g/mol. The molecule has 1 heterocycles. The number of aliphatic hydroxyl groups excluding tert-OH is 1. The Balaban J connectivity index is 2.76. The first-order valence-electron chi connectivity index (χ1n) is 6.39. The average Bonchev–Trinajstić information content (AvgIpc) is 2.34. The van der Waals surface area contributed by atoms with E-state index < -0.39 is 17.6 Å². The van der Waals surface area contributed by atoms with E-state index in [1.807, 2.05) is 20.8 Å². The van der Waals surface area contributed by atoms with Gasteiger partial charge in [-0.25, -0.2) is 5.84 Å². The molecule has 6 heteroatoms. The molecule has 0 unspecified atom stereocenters. The lowest BCUT2D eigenvalue weighted by atomic mass is 9.82. The summed E-state index contributed by atoms with van der Waals surface area (Å²) in [5.74, 6) is 6.25. The van der Waals surface area contributed by atoms with Crippen LogP contribution >= 0.6 is 0 Å². The molecular formula is C13H25N3O3. The largest absolute Gasteiger partial charge is 0.469 e. The summed E-state index contributed by atoms with van der Waals surface area (Å²) in [6, 6.07) is 0. The van der Waals surface area contributed by atoms with Crippen molar-refractivity contribution in [1.82, 2.24) is 5.01 Å². The van der Waals surface area contributed by atoms with Crippen LogP contribution in [0.2, 0.25) is 0 Å². The van der Waals surface area contributed by atoms with Crippen molar-refractivity contribution in [2.45, 2.75) is 39.4 Å². The molecule has 1 aliphatic heterocycles. The highest BCUT2D eigenvalue weighted by Gasteiger charge is 2.40. The van der Waals surface area contributed by atoms with E-state index in [4.69, 9.17) is 21.1 Å². The lowest BCUT2D eigenvalue weighted by Crippen LogP contribution is -2.49. The summed E-state index contributed by atoms with van der Waals surface area (Å²) in [7, 11) is 1.53. The first-order valence-corrected chi connectivity index (χ1v) is 6.39. The van der Waals surface area contributed by atoms with Gasteiger partial charge in [-0.15, -0.1) is 0 Å². The molecule has 19 heavy (non-hydrogen) atoms. The first-order chi connectivity index (χ1) is 8.80. The molecule has 0 aromatic carbocycles. The van der Waals surface area contributed by atoms with Crippen LogP contribution in [0.4, 0.5) is 0 Å². The SMILES string of the molecule is CC/C(N)=C/N(N)C[C@H]1OC(OC)=CC(C)(C)[C@@H]1O. The number of nitrogens with two attached hydrogens (primary N) is 2. The van der Waals surface area contributed by atoms with Gasteiger partial charge in [0.2, 0.25) is 0 Å². The van der Waals surface area contributed by atoms with E-state index in [0.29, 0.717) is 18.2 Å². The Morgan fingerprint density at radius 2 is 2.26 bits per heavy atom. The quantitative estimate of drug-likeness (QED) is 0.502. The Labute approximate surface area is 114 Å². The smallest absolute Gasteiger partial charge is 0.275 e. The van der Waals surface area contributed by atoms with Gasteiger partial charge in [-0.1, -0.05) is 20.8 Å². The van der Waals surface area contributed by atoms with Crippen molar-refractivity contribution in [2.75, 3.05) is 13.7 Å². The van der Waals surface area contributed by atoms with Crippen LogP contribution in [0.5, 0.6) is 0 Å². The molecule has 6 nitrogen and oxygen atoms in total. The molecule has 1 rings (SSSR count). The van der Waals surface area contributed by atoms with Crippen LogP contribution in [0.25, 0.3) is 0 Å². The highest BCUT2D eigenvalue weighted by molar-refractivity contribution is 5.07. The standard InChI is InChI=1S/C13H25N3O3/c1-5-9(14)7-16(15)8-10-12(17)13(2,3)6-11(18-4)19-10/h6-7,10,12,17H,5,8,14-15H2,1-4H3/b9-7-/t10-,12-/m1/s1. The van der Waals surface area contributed by atoms with Crippen molar-refractivity contribution in [3.63, 3.8) is 0 Å².